The van der Waals surface area contributed by atoms with E-state index in [-0.39, 0.29) is 17.6 Å². The number of thiol groups is 1. The molecule has 134 valence electrons. The van der Waals surface area contributed by atoms with Gasteiger partial charge in [-0.3, -0.25) is 9.59 Å². The maximum Gasteiger partial charge on any atom is 0.326 e. The zero-order valence-electron chi connectivity index (χ0n) is 14.2. The first-order valence-corrected chi connectivity index (χ1v) is 8.47. The van der Waals surface area contributed by atoms with E-state index in [2.05, 4.69) is 23.3 Å². The normalized spacial score (nSPS) is 16.3. The second kappa shape index (κ2) is 10.5. The summed E-state index contributed by atoms with van der Waals surface area (Å²) in [6.07, 6.45) is 1.10. The molecule has 0 aliphatic rings. The van der Waals surface area contributed by atoms with E-state index >= 15 is 0 Å². The molecule has 4 unspecified atom stereocenters. The number of amides is 2. The molecule has 0 fully saturated rings. The van der Waals surface area contributed by atoms with Crippen molar-refractivity contribution in [3.05, 3.63) is 0 Å². The van der Waals surface area contributed by atoms with E-state index in [0.29, 0.717) is 12.8 Å². The van der Waals surface area contributed by atoms with Crippen molar-refractivity contribution < 1.29 is 19.5 Å². The van der Waals surface area contributed by atoms with Gasteiger partial charge in [-0.2, -0.15) is 12.6 Å². The van der Waals surface area contributed by atoms with E-state index in [1.165, 1.54) is 0 Å². The van der Waals surface area contributed by atoms with Gasteiger partial charge in [-0.15, -0.1) is 0 Å². The average Bonchev–Trinajstić information content (AvgIpc) is 2.47. The Morgan fingerprint density at radius 1 is 1.13 bits per heavy atom. The van der Waals surface area contributed by atoms with Crippen LogP contribution in [0.1, 0.15) is 40.5 Å². The number of rotatable bonds is 10. The quantitative estimate of drug-likeness (QED) is 0.366. The van der Waals surface area contributed by atoms with Crippen molar-refractivity contribution in [1.29, 1.82) is 0 Å². The van der Waals surface area contributed by atoms with Gasteiger partial charge < -0.3 is 21.5 Å². The molecule has 0 spiro atoms. The van der Waals surface area contributed by atoms with Gasteiger partial charge in [-0.1, -0.05) is 34.1 Å². The highest BCUT2D eigenvalue weighted by molar-refractivity contribution is 7.80. The number of hydrogen-bond donors (Lipinski definition) is 5. The Balaban J connectivity index is 4.79. The fraction of sp³-hybridized carbons (Fsp3) is 0.800. The van der Waals surface area contributed by atoms with Crippen LogP contribution in [0.4, 0.5) is 0 Å². The molecule has 0 aromatic carbocycles. The number of carbonyl (C=O) groups excluding carboxylic acids is 2. The molecule has 0 bridgehead atoms. The van der Waals surface area contributed by atoms with Crippen LogP contribution in [0.25, 0.3) is 0 Å². The smallest absolute Gasteiger partial charge is 0.326 e. The summed E-state index contributed by atoms with van der Waals surface area (Å²) in [6.45, 7) is 7.47. The molecule has 2 amide bonds. The molecular formula is C15H29N3O4S. The molecule has 0 radical (unpaired) electrons. The summed E-state index contributed by atoms with van der Waals surface area (Å²) in [5.41, 5.74) is 5.78. The summed E-state index contributed by atoms with van der Waals surface area (Å²) in [5, 5.41) is 14.2. The third-order valence-corrected chi connectivity index (χ3v) is 4.02. The Kier molecular flexibility index (Phi) is 9.90. The van der Waals surface area contributed by atoms with Gasteiger partial charge >= 0.3 is 5.97 Å². The predicted molar refractivity (Wildman–Crippen MR) is 92.2 cm³/mol. The average molecular weight is 347 g/mol. The molecule has 23 heavy (non-hydrogen) atoms. The lowest BCUT2D eigenvalue weighted by molar-refractivity contribution is -0.143. The minimum Gasteiger partial charge on any atom is -0.480 e. The van der Waals surface area contributed by atoms with Crippen LogP contribution in [-0.4, -0.2) is 46.8 Å². The largest absolute Gasteiger partial charge is 0.480 e. The number of hydrogen-bond acceptors (Lipinski definition) is 5. The lowest BCUT2D eigenvalue weighted by Crippen LogP contribution is -2.56. The van der Waals surface area contributed by atoms with Crippen LogP contribution in [0.5, 0.6) is 0 Å². The molecule has 5 N–H and O–H groups in total. The Morgan fingerprint density at radius 2 is 1.70 bits per heavy atom. The zero-order chi connectivity index (χ0) is 18.2. The van der Waals surface area contributed by atoms with Crippen LogP contribution in [0.2, 0.25) is 0 Å². The second-order valence-corrected chi connectivity index (χ2v) is 6.55. The fourth-order valence-corrected chi connectivity index (χ4v) is 2.28. The van der Waals surface area contributed by atoms with E-state index in [1.54, 1.807) is 6.92 Å². The minimum absolute atomic E-state index is 0.0544. The van der Waals surface area contributed by atoms with Gasteiger partial charge in [0.05, 0.1) is 6.04 Å². The lowest BCUT2D eigenvalue weighted by atomic mass is 9.99. The van der Waals surface area contributed by atoms with Gasteiger partial charge in [0.25, 0.3) is 0 Å². The molecule has 0 saturated heterocycles. The summed E-state index contributed by atoms with van der Waals surface area (Å²) in [4.78, 5) is 35.5. The van der Waals surface area contributed by atoms with Crippen molar-refractivity contribution in [1.82, 2.24) is 10.6 Å². The van der Waals surface area contributed by atoms with Crippen LogP contribution in [0.3, 0.4) is 0 Å². The van der Waals surface area contributed by atoms with Gasteiger partial charge in [-0.05, 0) is 18.3 Å². The highest BCUT2D eigenvalue weighted by atomic mass is 32.1. The van der Waals surface area contributed by atoms with Crippen molar-refractivity contribution >= 4 is 30.4 Å². The monoisotopic (exact) mass is 347 g/mol. The number of nitrogens with two attached hydrogens (primary N) is 1. The van der Waals surface area contributed by atoms with E-state index in [9.17, 15) is 19.5 Å². The molecule has 0 aromatic rings. The van der Waals surface area contributed by atoms with Gasteiger partial charge in [-0.25, -0.2) is 4.79 Å². The number of nitrogens with one attached hydrogen (secondary N) is 2. The van der Waals surface area contributed by atoms with Crippen LogP contribution in [0, 0.1) is 11.8 Å². The van der Waals surface area contributed by atoms with Gasteiger partial charge in [0.2, 0.25) is 11.8 Å². The first-order chi connectivity index (χ1) is 10.6. The van der Waals surface area contributed by atoms with Crippen molar-refractivity contribution in [3.8, 4) is 0 Å². The maximum absolute atomic E-state index is 12.2. The summed E-state index contributed by atoms with van der Waals surface area (Å²) < 4.78 is 0. The third kappa shape index (κ3) is 7.69. The topological polar surface area (TPSA) is 122 Å². The minimum atomic E-state index is -1.10. The van der Waals surface area contributed by atoms with Crippen LogP contribution >= 0.6 is 12.6 Å². The van der Waals surface area contributed by atoms with Gasteiger partial charge in [0.15, 0.2) is 0 Å². The standard InChI is InChI=1S/C15H29N3O4S/c1-5-9(4)12(15(21)22)18-14(20)11(7-23)17-13(19)10(16)6-8(2)3/h8-12,23H,5-7,16H2,1-4H3,(H,17,19)(H,18,20)(H,21,22). The van der Waals surface area contributed by atoms with E-state index < -0.39 is 35.9 Å². The number of carbonyl (C=O) groups is 3. The summed E-state index contributed by atoms with van der Waals surface area (Å²) in [5.74, 6) is -2.04. The van der Waals surface area contributed by atoms with Crippen LogP contribution in [0.15, 0.2) is 0 Å². The summed E-state index contributed by atoms with van der Waals surface area (Å²) in [6, 6.07) is -2.64. The first kappa shape index (κ1) is 21.7. The maximum atomic E-state index is 12.2. The summed E-state index contributed by atoms with van der Waals surface area (Å²) >= 11 is 4.05. The van der Waals surface area contributed by atoms with Crippen molar-refractivity contribution in [2.24, 2.45) is 17.6 Å². The van der Waals surface area contributed by atoms with E-state index in [0.717, 1.165) is 0 Å². The van der Waals surface area contributed by atoms with Crippen LogP contribution < -0.4 is 16.4 Å². The molecule has 4 atom stereocenters. The van der Waals surface area contributed by atoms with E-state index in [1.807, 2.05) is 20.8 Å². The highest BCUT2D eigenvalue weighted by Gasteiger charge is 2.29. The molecule has 0 saturated carbocycles. The van der Waals surface area contributed by atoms with Crippen LogP contribution in [-0.2, 0) is 14.4 Å². The summed E-state index contributed by atoms with van der Waals surface area (Å²) in [7, 11) is 0. The molecule has 0 aromatic heterocycles. The second-order valence-electron chi connectivity index (χ2n) is 6.19. The van der Waals surface area contributed by atoms with Crippen molar-refractivity contribution in [3.63, 3.8) is 0 Å². The third-order valence-electron chi connectivity index (χ3n) is 3.65. The molecule has 0 aliphatic carbocycles. The Morgan fingerprint density at radius 3 is 2.09 bits per heavy atom. The lowest BCUT2D eigenvalue weighted by Gasteiger charge is -2.24. The molecule has 0 aliphatic heterocycles. The molecule has 8 heteroatoms. The molecular weight excluding hydrogens is 318 g/mol. The molecule has 0 heterocycles. The van der Waals surface area contributed by atoms with Crippen molar-refractivity contribution in [2.45, 2.75) is 58.7 Å². The van der Waals surface area contributed by atoms with Gasteiger partial charge in [0.1, 0.15) is 12.1 Å². The van der Waals surface area contributed by atoms with Crippen molar-refractivity contribution in [2.75, 3.05) is 5.75 Å². The van der Waals surface area contributed by atoms with Gasteiger partial charge in [0, 0.05) is 5.75 Å². The SMILES string of the molecule is CCC(C)C(NC(=O)C(CS)NC(=O)C(N)CC(C)C)C(=O)O. The first-order valence-electron chi connectivity index (χ1n) is 7.83. The Labute approximate surface area is 143 Å². The Hall–Kier alpha value is -1.28. The Bertz CT molecular complexity index is 418. The molecule has 0 rings (SSSR count). The number of carboxylic acid groups (broad SMARTS) is 1. The highest BCUT2D eigenvalue weighted by Crippen LogP contribution is 2.09. The number of carboxylic acids is 1. The fourth-order valence-electron chi connectivity index (χ4n) is 2.02. The van der Waals surface area contributed by atoms with E-state index in [4.69, 9.17) is 5.73 Å². The molecule has 7 nitrogen and oxygen atoms in total. The predicted octanol–water partition coefficient (Wildman–Crippen LogP) is 0.390. The number of aliphatic carboxylic acids is 1. The zero-order valence-corrected chi connectivity index (χ0v) is 15.1.